The molecule has 66 valence electrons. The van der Waals surface area contributed by atoms with E-state index in [2.05, 4.69) is 5.18 Å². The van der Waals surface area contributed by atoms with Gasteiger partial charge in [-0.1, -0.05) is 29.3 Å². The van der Waals surface area contributed by atoms with Crippen molar-refractivity contribution in [1.82, 2.24) is 0 Å². The molecule has 13 heavy (non-hydrogen) atoms. The lowest BCUT2D eigenvalue weighted by molar-refractivity contribution is 0.917. The molecule has 1 rings (SSSR count). The number of benzene rings is 1. The third-order valence-electron chi connectivity index (χ3n) is 1.50. The second-order valence-electron chi connectivity index (χ2n) is 2.27. The first-order chi connectivity index (χ1) is 6.20. The molecule has 1 aromatic carbocycles. The molecule has 0 bridgehead atoms. The van der Waals surface area contributed by atoms with E-state index in [0.717, 1.165) is 0 Å². The fraction of sp³-hybridized carbons (Fsp3) is 0.125. The minimum absolute atomic E-state index is 0.267. The van der Waals surface area contributed by atoms with E-state index in [-0.39, 0.29) is 15.6 Å². The van der Waals surface area contributed by atoms with Crippen LogP contribution in [0.5, 0.6) is 0 Å². The topological polar surface area (TPSA) is 53.2 Å². The molecule has 0 aliphatic carbocycles. The Kier molecular flexibility index (Phi) is 3.24. The van der Waals surface area contributed by atoms with E-state index in [1.165, 1.54) is 0 Å². The van der Waals surface area contributed by atoms with Gasteiger partial charge in [0.1, 0.15) is 0 Å². The van der Waals surface area contributed by atoms with E-state index in [0.29, 0.717) is 0 Å². The summed E-state index contributed by atoms with van der Waals surface area (Å²) in [5, 5.41) is 11.7. The predicted octanol–water partition coefficient (Wildman–Crippen LogP) is 3.32. The Morgan fingerprint density at radius 3 is 2.31 bits per heavy atom. The van der Waals surface area contributed by atoms with Gasteiger partial charge >= 0.3 is 0 Å². The maximum absolute atomic E-state index is 10.3. The van der Waals surface area contributed by atoms with Gasteiger partial charge in [0.15, 0.2) is 0 Å². The molecule has 0 spiro atoms. The quantitative estimate of drug-likeness (QED) is 0.710. The number of hydrogen-bond acceptors (Lipinski definition) is 3. The maximum Gasteiger partial charge on any atom is 0.206 e. The summed E-state index contributed by atoms with van der Waals surface area (Å²) >= 11 is 11.5. The van der Waals surface area contributed by atoms with Gasteiger partial charge in [-0.15, -0.1) is 4.91 Å². The first-order valence-electron chi connectivity index (χ1n) is 3.36. The zero-order valence-corrected chi connectivity index (χ0v) is 7.88. The van der Waals surface area contributed by atoms with Crippen LogP contribution in [-0.4, -0.2) is 0 Å². The number of rotatable bonds is 2. The minimum atomic E-state index is -1.14. The smallest absolute Gasteiger partial charge is 0.195 e. The number of nitrogens with zero attached hydrogens (tertiary/aromatic N) is 2. The van der Waals surface area contributed by atoms with Crippen molar-refractivity contribution in [1.29, 1.82) is 5.26 Å². The number of nitriles is 1. The number of halogens is 2. The van der Waals surface area contributed by atoms with Crippen molar-refractivity contribution in [3.05, 3.63) is 38.7 Å². The Balaban J connectivity index is 3.28. The van der Waals surface area contributed by atoms with E-state index in [1.54, 1.807) is 24.3 Å². The third-order valence-corrected chi connectivity index (χ3v) is 2.16. The van der Waals surface area contributed by atoms with Crippen LogP contribution in [0.1, 0.15) is 11.6 Å². The van der Waals surface area contributed by atoms with Crippen LogP contribution in [0.15, 0.2) is 23.4 Å². The Morgan fingerprint density at radius 1 is 1.38 bits per heavy atom. The van der Waals surface area contributed by atoms with Gasteiger partial charge in [-0.25, -0.2) is 0 Å². The summed E-state index contributed by atoms with van der Waals surface area (Å²) in [4.78, 5) is 10.3. The standard InChI is InChI=1S/C8H4Cl2N2O/c9-5-2-1-3-6(10)8(5)7(4-11)12-13/h1-3,7H. The fourth-order valence-electron chi connectivity index (χ4n) is 0.913. The van der Waals surface area contributed by atoms with Crippen molar-refractivity contribution in [2.75, 3.05) is 0 Å². The van der Waals surface area contributed by atoms with E-state index < -0.39 is 6.04 Å². The zero-order valence-electron chi connectivity index (χ0n) is 6.37. The van der Waals surface area contributed by atoms with Crippen LogP contribution >= 0.6 is 23.2 Å². The third kappa shape index (κ3) is 1.97. The van der Waals surface area contributed by atoms with Crippen molar-refractivity contribution in [3.8, 4) is 6.07 Å². The summed E-state index contributed by atoms with van der Waals surface area (Å²) < 4.78 is 0. The van der Waals surface area contributed by atoms with E-state index in [4.69, 9.17) is 28.5 Å². The molecule has 0 heterocycles. The molecule has 1 aromatic rings. The molecule has 0 fully saturated rings. The van der Waals surface area contributed by atoms with Crippen molar-refractivity contribution >= 4 is 23.2 Å². The molecule has 0 N–H and O–H groups in total. The lowest BCUT2D eigenvalue weighted by Gasteiger charge is -2.05. The first kappa shape index (κ1) is 9.97. The molecule has 3 nitrogen and oxygen atoms in total. The highest BCUT2D eigenvalue weighted by Gasteiger charge is 2.17. The largest absolute Gasteiger partial charge is 0.206 e. The molecule has 0 aliphatic rings. The van der Waals surface area contributed by atoms with Gasteiger partial charge in [-0.2, -0.15) is 5.26 Å². The summed E-state index contributed by atoms with van der Waals surface area (Å²) in [6.07, 6.45) is 0. The highest BCUT2D eigenvalue weighted by molar-refractivity contribution is 6.36. The van der Waals surface area contributed by atoms with Crippen LogP contribution in [0.4, 0.5) is 0 Å². The average molecular weight is 215 g/mol. The molecule has 0 aromatic heterocycles. The molecular formula is C8H4Cl2N2O. The van der Waals surface area contributed by atoms with Gasteiger partial charge < -0.3 is 0 Å². The molecule has 1 unspecified atom stereocenters. The van der Waals surface area contributed by atoms with Crippen LogP contribution in [0.25, 0.3) is 0 Å². The van der Waals surface area contributed by atoms with Crippen LogP contribution in [0, 0.1) is 16.2 Å². The molecule has 0 saturated carbocycles. The lowest BCUT2D eigenvalue weighted by Crippen LogP contribution is -1.93. The molecule has 0 saturated heterocycles. The second kappa shape index (κ2) is 4.22. The van der Waals surface area contributed by atoms with Crippen molar-refractivity contribution < 1.29 is 0 Å². The summed E-state index contributed by atoms with van der Waals surface area (Å²) in [6, 6.07) is 5.30. The van der Waals surface area contributed by atoms with Gasteiger partial charge in [-0.05, 0) is 17.3 Å². The Labute approximate surface area is 84.9 Å². The lowest BCUT2D eigenvalue weighted by atomic mass is 10.1. The number of hydrogen-bond donors (Lipinski definition) is 0. The average Bonchev–Trinajstić information content (AvgIpc) is 2.11. The molecular weight excluding hydrogens is 211 g/mol. The highest BCUT2D eigenvalue weighted by atomic mass is 35.5. The van der Waals surface area contributed by atoms with E-state index >= 15 is 0 Å². The predicted molar refractivity (Wildman–Crippen MR) is 50.6 cm³/mol. The summed E-state index contributed by atoms with van der Waals surface area (Å²) in [5.74, 6) is 0. The van der Waals surface area contributed by atoms with Crippen LogP contribution < -0.4 is 0 Å². The van der Waals surface area contributed by atoms with Crippen molar-refractivity contribution in [2.24, 2.45) is 5.18 Å². The fourth-order valence-corrected chi connectivity index (χ4v) is 1.52. The van der Waals surface area contributed by atoms with Gasteiger partial charge in [0.2, 0.25) is 6.04 Å². The Morgan fingerprint density at radius 2 is 1.92 bits per heavy atom. The molecule has 0 radical (unpaired) electrons. The van der Waals surface area contributed by atoms with Crippen molar-refractivity contribution in [3.63, 3.8) is 0 Å². The Hall–Kier alpha value is -1.11. The summed E-state index contributed by atoms with van der Waals surface area (Å²) in [5.41, 5.74) is 0.267. The van der Waals surface area contributed by atoms with Gasteiger partial charge in [0.05, 0.1) is 6.07 Å². The van der Waals surface area contributed by atoms with E-state index in [9.17, 15) is 4.91 Å². The zero-order chi connectivity index (χ0) is 9.84. The second-order valence-corrected chi connectivity index (χ2v) is 3.09. The van der Waals surface area contributed by atoms with E-state index in [1.807, 2.05) is 0 Å². The minimum Gasteiger partial charge on any atom is -0.195 e. The monoisotopic (exact) mass is 214 g/mol. The SMILES string of the molecule is N#CC(N=O)c1c(Cl)cccc1Cl. The van der Waals surface area contributed by atoms with Crippen LogP contribution in [-0.2, 0) is 0 Å². The molecule has 0 aliphatic heterocycles. The summed E-state index contributed by atoms with van der Waals surface area (Å²) in [7, 11) is 0. The highest BCUT2D eigenvalue weighted by Crippen LogP contribution is 2.31. The number of nitroso groups, excluding NO2 is 1. The maximum atomic E-state index is 10.3. The van der Waals surface area contributed by atoms with Gasteiger partial charge in [-0.3, -0.25) is 0 Å². The van der Waals surface area contributed by atoms with Crippen molar-refractivity contribution in [2.45, 2.75) is 6.04 Å². The molecule has 0 amide bonds. The normalized spacial score (nSPS) is 11.8. The first-order valence-corrected chi connectivity index (χ1v) is 4.12. The van der Waals surface area contributed by atoms with Crippen LogP contribution in [0.2, 0.25) is 10.0 Å². The Bertz CT molecular complexity index is 353. The molecule has 5 heteroatoms. The van der Waals surface area contributed by atoms with Gasteiger partial charge in [0, 0.05) is 15.6 Å². The van der Waals surface area contributed by atoms with Crippen LogP contribution in [0.3, 0.4) is 0 Å². The van der Waals surface area contributed by atoms with Gasteiger partial charge in [0.25, 0.3) is 0 Å². The summed E-state index contributed by atoms with van der Waals surface area (Å²) in [6.45, 7) is 0. The molecule has 1 atom stereocenters.